The van der Waals surface area contributed by atoms with Crippen molar-refractivity contribution in [2.75, 3.05) is 0 Å². The number of quaternary nitrogens is 1. The van der Waals surface area contributed by atoms with Gasteiger partial charge in [-0.1, -0.05) is 59.6 Å². The third-order valence-corrected chi connectivity index (χ3v) is 4.09. The summed E-state index contributed by atoms with van der Waals surface area (Å²) in [6.07, 6.45) is -0.487. The Bertz CT molecular complexity index is 560. The predicted octanol–water partition coefficient (Wildman–Crippen LogP) is 3.18. The van der Waals surface area contributed by atoms with Gasteiger partial charge in [-0.25, -0.2) is 0 Å². The molecule has 0 amide bonds. The Kier molecular flexibility index (Phi) is 5.44. The van der Waals surface area contributed by atoms with E-state index in [1.165, 1.54) is 0 Å². The van der Waals surface area contributed by atoms with E-state index in [-0.39, 0.29) is 6.04 Å². The van der Waals surface area contributed by atoms with Crippen LogP contribution in [-0.2, 0) is 6.54 Å². The van der Waals surface area contributed by atoms with Gasteiger partial charge in [0.1, 0.15) is 18.7 Å². The molecule has 0 radical (unpaired) electrons. The second-order valence-electron chi connectivity index (χ2n) is 4.90. The molecule has 0 fully saturated rings. The Morgan fingerprint density at radius 2 is 1.75 bits per heavy atom. The van der Waals surface area contributed by atoms with Crippen molar-refractivity contribution >= 4 is 23.2 Å². The minimum atomic E-state index is -0.487. The van der Waals surface area contributed by atoms with Crippen molar-refractivity contribution in [2.24, 2.45) is 0 Å². The molecule has 0 aliphatic carbocycles. The molecule has 0 saturated heterocycles. The molecule has 0 saturated carbocycles. The molecular formula is C16H18Cl2NO+. The molecule has 2 atom stereocenters. The summed E-state index contributed by atoms with van der Waals surface area (Å²) in [5, 5.41) is 13.5. The number of benzene rings is 2. The smallest absolute Gasteiger partial charge is 0.130 e. The number of hydrogen-bond donors (Lipinski definition) is 2. The van der Waals surface area contributed by atoms with Crippen LogP contribution in [0.3, 0.4) is 0 Å². The van der Waals surface area contributed by atoms with E-state index in [9.17, 15) is 5.11 Å². The maximum atomic E-state index is 10.3. The van der Waals surface area contributed by atoms with Crippen LogP contribution in [0.25, 0.3) is 0 Å². The van der Waals surface area contributed by atoms with Gasteiger partial charge in [-0.05, 0) is 24.6 Å². The van der Waals surface area contributed by atoms with Crippen LogP contribution < -0.4 is 5.32 Å². The van der Waals surface area contributed by atoms with Crippen LogP contribution in [-0.4, -0.2) is 11.1 Å². The number of rotatable bonds is 5. The zero-order valence-electron chi connectivity index (χ0n) is 11.3. The van der Waals surface area contributed by atoms with Gasteiger partial charge >= 0.3 is 0 Å². The van der Waals surface area contributed by atoms with Crippen molar-refractivity contribution in [1.29, 1.82) is 0 Å². The molecule has 2 nitrogen and oxygen atoms in total. The van der Waals surface area contributed by atoms with Gasteiger partial charge in [0.25, 0.3) is 0 Å². The summed E-state index contributed by atoms with van der Waals surface area (Å²) in [5.41, 5.74) is 2.02. The lowest BCUT2D eigenvalue weighted by atomic mass is 10.0. The minimum Gasteiger partial charge on any atom is -0.382 e. The highest BCUT2D eigenvalue weighted by Gasteiger charge is 2.18. The molecular weight excluding hydrogens is 293 g/mol. The molecule has 106 valence electrons. The SMILES string of the molecule is C[C@@H]([NH2+]Cc1ccc(Cl)c(Cl)c1)[C@H](O)c1ccccc1. The quantitative estimate of drug-likeness (QED) is 0.874. The average molecular weight is 311 g/mol. The van der Waals surface area contributed by atoms with Crippen molar-refractivity contribution in [3.05, 3.63) is 69.7 Å². The zero-order valence-corrected chi connectivity index (χ0v) is 12.8. The van der Waals surface area contributed by atoms with Gasteiger partial charge in [0, 0.05) is 5.56 Å². The van der Waals surface area contributed by atoms with Crippen LogP contribution in [0.4, 0.5) is 0 Å². The minimum absolute atomic E-state index is 0.0619. The highest BCUT2D eigenvalue weighted by atomic mass is 35.5. The molecule has 2 rings (SSSR count). The summed E-state index contributed by atoms with van der Waals surface area (Å²) in [6, 6.07) is 15.4. The predicted molar refractivity (Wildman–Crippen MR) is 83.0 cm³/mol. The summed E-state index contributed by atoms with van der Waals surface area (Å²) < 4.78 is 0. The summed E-state index contributed by atoms with van der Waals surface area (Å²) in [4.78, 5) is 0. The van der Waals surface area contributed by atoms with Crippen LogP contribution in [0.5, 0.6) is 0 Å². The molecule has 0 unspecified atom stereocenters. The van der Waals surface area contributed by atoms with Crippen molar-refractivity contribution in [3.63, 3.8) is 0 Å². The highest BCUT2D eigenvalue weighted by Crippen LogP contribution is 2.22. The summed E-state index contributed by atoms with van der Waals surface area (Å²) in [7, 11) is 0. The average Bonchev–Trinajstić information content (AvgIpc) is 2.48. The zero-order chi connectivity index (χ0) is 14.5. The molecule has 2 aromatic rings. The fraction of sp³-hybridized carbons (Fsp3) is 0.250. The van der Waals surface area contributed by atoms with E-state index in [0.717, 1.165) is 17.7 Å². The van der Waals surface area contributed by atoms with E-state index in [4.69, 9.17) is 23.2 Å². The number of aliphatic hydroxyl groups is 1. The van der Waals surface area contributed by atoms with Gasteiger partial charge in [0.2, 0.25) is 0 Å². The number of hydrogen-bond acceptors (Lipinski definition) is 1. The van der Waals surface area contributed by atoms with Crippen molar-refractivity contribution in [3.8, 4) is 0 Å². The molecule has 3 N–H and O–H groups in total. The summed E-state index contributed by atoms with van der Waals surface area (Å²) >= 11 is 11.9. The Labute approximate surface area is 129 Å². The molecule has 4 heteroatoms. The Morgan fingerprint density at radius 3 is 2.40 bits per heavy atom. The molecule has 0 bridgehead atoms. The third-order valence-electron chi connectivity index (χ3n) is 3.35. The second-order valence-corrected chi connectivity index (χ2v) is 5.72. The molecule has 0 aromatic heterocycles. The van der Waals surface area contributed by atoms with Gasteiger partial charge < -0.3 is 10.4 Å². The first-order chi connectivity index (χ1) is 9.58. The number of nitrogens with two attached hydrogens (primary N) is 1. The highest BCUT2D eigenvalue weighted by molar-refractivity contribution is 6.42. The first-order valence-electron chi connectivity index (χ1n) is 6.58. The maximum Gasteiger partial charge on any atom is 0.130 e. The van der Waals surface area contributed by atoms with E-state index in [1.54, 1.807) is 6.07 Å². The first-order valence-corrected chi connectivity index (χ1v) is 7.34. The van der Waals surface area contributed by atoms with Crippen molar-refractivity contribution < 1.29 is 10.4 Å². The summed E-state index contributed by atoms with van der Waals surface area (Å²) in [6.45, 7) is 2.76. The largest absolute Gasteiger partial charge is 0.382 e. The summed E-state index contributed by atoms with van der Waals surface area (Å²) in [5.74, 6) is 0. The van der Waals surface area contributed by atoms with Crippen molar-refractivity contribution in [2.45, 2.75) is 25.6 Å². The van der Waals surface area contributed by atoms with Gasteiger partial charge in [-0.3, -0.25) is 0 Å². The van der Waals surface area contributed by atoms with Crippen LogP contribution >= 0.6 is 23.2 Å². The molecule has 0 heterocycles. The molecule has 2 aromatic carbocycles. The van der Waals surface area contributed by atoms with E-state index in [1.807, 2.05) is 49.4 Å². The molecule has 0 aliphatic rings. The lowest BCUT2D eigenvalue weighted by molar-refractivity contribution is -0.709. The Morgan fingerprint density at radius 1 is 1.05 bits per heavy atom. The normalized spacial score (nSPS) is 14.0. The topological polar surface area (TPSA) is 36.8 Å². The van der Waals surface area contributed by atoms with E-state index in [0.29, 0.717) is 10.0 Å². The fourth-order valence-corrected chi connectivity index (χ4v) is 2.39. The monoisotopic (exact) mass is 310 g/mol. The van der Waals surface area contributed by atoms with Crippen LogP contribution in [0, 0.1) is 0 Å². The molecule has 0 spiro atoms. The van der Waals surface area contributed by atoms with Gasteiger partial charge in [-0.2, -0.15) is 0 Å². The maximum absolute atomic E-state index is 10.3. The van der Waals surface area contributed by atoms with Crippen LogP contribution in [0.2, 0.25) is 10.0 Å². The number of halogens is 2. The van der Waals surface area contributed by atoms with Crippen LogP contribution in [0.15, 0.2) is 48.5 Å². The lowest BCUT2D eigenvalue weighted by Gasteiger charge is -2.18. The van der Waals surface area contributed by atoms with Gasteiger partial charge in [0.05, 0.1) is 10.0 Å². The fourth-order valence-electron chi connectivity index (χ4n) is 2.07. The molecule has 20 heavy (non-hydrogen) atoms. The lowest BCUT2D eigenvalue weighted by Crippen LogP contribution is -2.88. The van der Waals surface area contributed by atoms with E-state index >= 15 is 0 Å². The van der Waals surface area contributed by atoms with Gasteiger partial charge in [-0.15, -0.1) is 0 Å². The van der Waals surface area contributed by atoms with Crippen molar-refractivity contribution in [1.82, 2.24) is 0 Å². The third kappa shape index (κ3) is 3.97. The standard InChI is InChI=1S/C16H17Cl2NO/c1-11(16(20)13-5-3-2-4-6-13)19-10-12-7-8-14(17)15(18)9-12/h2-9,11,16,19-20H,10H2,1H3/p+1/t11-,16+/m1/s1. The van der Waals surface area contributed by atoms with E-state index in [2.05, 4.69) is 5.32 Å². The van der Waals surface area contributed by atoms with Gasteiger partial charge in [0.15, 0.2) is 0 Å². The van der Waals surface area contributed by atoms with Crippen LogP contribution in [0.1, 0.15) is 24.2 Å². The first kappa shape index (κ1) is 15.3. The Balaban J connectivity index is 1.94. The number of aliphatic hydroxyl groups excluding tert-OH is 1. The van der Waals surface area contributed by atoms with E-state index < -0.39 is 6.10 Å². The second kappa shape index (κ2) is 7.09. The Hall–Kier alpha value is -1.06. The molecule has 0 aliphatic heterocycles.